The van der Waals surface area contributed by atoms with Gasteiger partial charge in [-0.15, -0.1) is 24.9 Å². The van der Waals surface area contributed by atoms with Crippen molar-refractivity contribution >= 4 is 17.8 Å². The van der Waals surface area contributed by atoms with Crippen LogP contribution in [0.5, 0.6) is 11.8 Å². The van der Waals surface area contributed by atoms with Gasteiger partial charge < -0.3 is 14.8 Å². The van der Waals surface area contributed by atoms with Crippen molar-refractivity contribution in [3.05, 3.63) is 60.3 Å². The van der Waals surface area contributed by atoms with Gasteiger partial charge in [-0.3, -0.25) is 9.98 Å². The van der Waals surface area contributed by atoms with Gasteiger partial charge in [0.05, 0.1) is 6.54 Å². The molecule has 3 aromatic rings. The van der Waals surface area contributed by atoms with Crippen LogP contribution in [-0.2, 0) is 0 Å². The van der Waals surface area contributed by atoms with E-state index >= 15 is 0 Å². The molecule has 32 heavy (non-hydrogen) atoms. The number of thioether (sulfide) groups is 1. The van der Waals surface area contributed by atoms with Crippen LogP contribution in [0.1, 0.15) is 0 Å². The maximum Gasteiger partial charge on any atom is 0.573 e. The third-order valence-corrected chi connectivity index (χ3v) is 4.66. The van der Waals surface area contributed by atoms with Gasteiger partial charge in [0.15, 0.2) is 0 Å². The monoisotopic (exact) mass is 465 g/mol. The number of carbonyl (C=O) groups is 1. The lowest BCUT2D eigenvalue weighted by Crippen LogP contribution is -2.37. The van der Waals surface area contributed by atoms with Gasteiger partial charge in [0, 0.05) is 12.4 Å². The molecule has 0 saturated heterocycles. The number of nitrogens with one attached hydrogen (secondary N) is 2. The lowest BCUT2D eigenvalue weighted by atomic mass is 10.1. The number of benzene rings is 1. The van der Waals surface area contributed by atoms with Crippen molar-refractivity contribution in [3.63, 3.8) is 0 Å². The van der Waals surface area contributed by atoms with E-state index in [1.807, 2.05) is 6.26 Å². The van der Waals surface area contributed by atoms with E-state index in [4.69, 9.17) is 10.1 Å². The molecule has 168 valence electrons. The van der Waals surface area contributed by atoms with Crippen LogP contribution in [0.3, 0.4) is 0 Å². The minimum atomic E-state index is -4.77. The summed E-state index contributed by atoms with van der Waals surface area (Å²) in [6, 6.07) is 9.59. The summed E-state index contributed by atoms with van der Waals surface area (Å²) < 4.78 is 47.2. The van der Waals surface area contributed by atoms with Crippen LogP contribution in [-0.4, -0.2) is 46.3 Å². The van der Waals surface area contributed by atoms with E-state index in [0.29, 0.717) is 11.1 Å². The molecule has 0 saturated carbocycles. The molecule has 3 rings (SSSR count). The van der Waals surface area contributed by atoms with Gasteiger partial charge in [-0.2, -0.15) is 4.98 Å². The lowest BCUT2D eigenvalue weighted by Gasteiger charge is -2.12. The first kappa shape index (κ1) is 23.1. The molecule has 12 heteroatoms. The molecule has 0 aliphatic carbocycles. The summed E-state index contributed by atoms with van der Waals surface area (Å²) in [5, 5.41) is 11.3. The second-order valence-corrected chi connectivity index (χ2v) is 7.03. The van der Waals surface area contributed by atoms with E-state index in [1.165, 1.54) is 48.3 Å². The Kier molecular flexibility index (Phi) is 7.36. The highest BCUT2D eigenvalue weighted by molar-refractivity contribution is 7.98. The summed E-state index contributed by atoms with van der Waals surface area (Å²) >= 11 is 1.45. The van der Waals surface area contributed by atoms with Gasteiger partial charge in [-0.1, -0.05) is 12.1 Å². The van der Waals surface area contributed by atoms with E-state index in [1.54, 1.807) is 18.3 Å². The minimum absolute atomic E-state index is 0.0693. The van der Waals surface area contributed by atoms with Gasteiger partial charge in [0.25, 0.3) is 0 Å². The van der Waals surface area contributed by atoms with Gasteiger partial charge in [-0.05, 0) is 47.7 Å². The molecular weight excluding hydrogens is 447 g/mol. The Bertz CT molecular complexity index is 1140. The number of alkyl halides is 3. The van der Waals surface area contributed by atoms with Gasteiger partial charge in [-0.25, -0.2) is 9.78 Å². The molecule has 0 fully saturated rings. The van der Waals surface area contributed by atoms with E-state index in [-0.39, 0.29) is 30.4 Å². The van der Waals surface area contributed by atoms with Gasteiger partial charge in [0.1, 0.15) is 22.9 Å². The standard InChI is InChI=1S/C20H18F3N5O3S/c1-32-17-8-9-25-18(27-17)30-11-10-26-19(29)28-12-14(4-7-16(28)24)13-2-5-15(6-3-13)31-20(21,22)23/h2-9,12,24H,10-11H2,1H3,(H,26,29). The van der Waals surface area contributed by atoms with Crippen LogP contribution >= 0.6 is 11.8 Å². The Hall–Kier alpha value is -3.54. The number of amides is 1. The number of halogens is 3. The summed E-state index contributed by atoms with van der Waals surface area (Å²) in [6.45, 7) is 0.268. The number of carbonyl (C=O) groups excluding carboxylic acids is 1. The molecule has 0 radical (unpaired) electrons. The lowest BCUT2D eigenvalue weighted by molar-refractivity contribution is -0.274. The second kappa shape index (κ2) is 10.2. The van der Waals surface area contributed by atoms with Crippen molar-refractivity contribution in [2.75, 3.05) is 19.4 Å². The molecule has 2 N–H and O–H groups in total. The first-order valence-corrected chi connectivity index (χ1v) is 10.4. The van der Waals surface area contributed by atoms with Crippen LogP contribution in [0.2, 0.25) is 0 Å². The largest absolute Gasteiger partial charge is 0.573 e. The number of hydrogen-bond donors (Lipinski definition) is 2. The molecular formula is C20H18F3N5O3S. The van der Waals surface area contributed by atoms with E-state index in [0.717, 1.165) is 9.59 Å². The molecule has 2 aromatic heterocycles. The topological polar surface area (TPSA) is 102 Å². The van der Waals surface area contributed by atoms with Crippen LogP contribution < -0.4 is 20.3 Å². The summed E-state index contributed by atoms with van der Waals surface area (Å²) in [4.78, 5) is 20.6. The Morgan fingerprint density at radius 2 is 1.88 bits per heavy atom. The number of aromatic nitrogens is 3. The highest BCUT2D eigenvalue weighted by Crippen LogP contribution is 2.26. The Labute approximate surface area is 184 Å². The van der Waals surface area contributed by atoms with Crippen molar-refractivity contribution in [2.45, 2.75) is 11.4 Å². The van der Waals surface area contributed by atoms with Crippen LogP contribution in [0.15, 0.2) is 59.9 Å². The number of ether oxygens (including phenoxy) is 2. The predicted octanol–water partition coefficient (Wildman–Crippen LogP) is 3.68. The van der Waals surface area contributed by atoms with Crippen molar-refractivity contribution < 1.29 is 27.4 Å². The zero-order valence-electron chi connectivity index (χ0n) is 16.7. The SMILES string of the molecule is CSc1ccnc(OCCNC(=O)n2cc(-c3ccc(OC(F)(F)F)cc3)ccc2=N)n1. The quantitative estimate of drug-likeness (QED) is 0.314. The molecule has 8 nitrogen and oxygen atoms in total. The van der Waals surface area contributed by atoms with Crippen LogP contribution in [0.4, 0.5) is 18.0 Å². The fraction of sp³-hybridized carbons (Fsp3) is 0.200. The van der Waals surface area contributed by atoms with Crippen molar-refractivity contribution in [1.29, 1.82) is 5.41 Å². The van der Waals surface area contributed by atoms with Crippen LogP contribution in [0.25, 0.3) is 11.1 Å². The summed E-state index contributed by atoms with van der Waals surface area (Å²) in [7, 11) is 0. The smallest absolute Gasteiger partial charge is 0.462 e. The first-order valence-electron chi connectivity index (χ1n) is 9.17. The summed E-state index contributed by atoms with van der Waals surface area (Å²) in [5.74, 6) is -0.351. The molecule has 0 bridgehead atoms. The Balaban J connectivity index is 1.62. The van der Waals surface area contributed by atoms with Gasteiger partial charge in [0.2, 0.25) is 0 Å². The van der Waals surface area contributed by atoms with E-state index in [9.17, 15) is 18.0 Å². The third-order valence-electron chi connectivity index (χ3n) is 4.02. The maximum absolute atomic E-state index is 12.5. The third kappa shape index (κ3) is 6.48. The van der Waals surface area contributed by atoms with Crippen molar-refractivity contribution in [3.8, 4) is 22.9 Å². The first-order chi connectivity index (χ1) is 15.2. The van der Waals surface area contributed by atoms with E-state index < -0.39 is 12.4 Å². The normalized spacial score (nSPS) is 11.1. The molecule has 2 heterocycles. The minimum Gasteiger partial charge on any atom is -0.462 e. The van der Waals surface area contributed by atoms with Crippen LogP contribution in [0, 0.1) is 5.41 Å². The molecule has 0 atom stereocenters. The molecule has 1 amide bonds. The molecule has 0 unspecified atom stereocenters. The summed E-state index contributed by atoms with van der Waals surface area (Å²) in [5.41, 5.74) is 1.02. The average Bonchev–Trinajstić information content (AvgIpc) is 2.76. The Morgan fingerprint density at radius 3 is 2.56 bits per heavy atom. The highest BCUT2D eigenvalue weighted by Gasteiger charge is 2.30. The highest BCUT2D eigenvalue weighted by atomic mass is 32.2. The number of pyridine rings is 1. The molecule has 0 aliphatic heterocycles. The van der Waals surface area contributed by atoms with Crippen molar-refractivity contribution in [2.24, 2.45) is 0 Å². The molecule has 0 spiro atoms. The fourth-order valence-corrected chi connectivity index (χ4v) is 2.95. The Morgan fingerprint density at radius 1 is 1.16 bits per heavy atom. The number of rotatable bonds is 7. The second-order valence-electron chi connectivity index (χ2n) is 6.21. The van der Waals surface area contributed by atoms with Crippen molar-refractivity contribution in [1.82, 2.24) is 19.9 Å². The molecule has 1 aromatic carbocycles. The predicted molar refractivity (Wildman–Crippen MR) is 111 cm³/mol. The number of hydrogen-bond acceptors (Lipinski definition) is 7. The maximum atomic E-state index is 12.5. The fourth-order valence-electron chi connectivity index (χ4n) is 2.58. The van der Waals surface area contributed by atoms with E-state index in [2.05, 4.69) is 20.0 Å². The zero-order chi connectivity index (χ0) is 23.1. The summed E-state index contributed by atoms with van der Waals surface area (Å²) in [6.07, 6.45) is 0.0926. The molecule has 0 aliphatic rings. The average molecular weight is 465 g/mol. The number of nitrogens with zero attached hydrogens (tertiary/aromatic N) is 3. The zero-order valence-corrected chi connectivity index (χ0v) is 17.5. The van der Waals surface area contributed by atoms with Gasteiger partial charge >= 0.3 is 18.4 Å².